The average Bonchev–Trinajstić information content (AvgIpc) is 3.53. The number of hydrogen-bond acceptors (Lipinski definition) is 9. The number of halogens is 3. The molecule has 0 bridgehead atoms. The van der Waals surface area contributed by atoms with E-state index in [1.165, 1.54) is 23.2 Å². The summed E-state index contributed by atoms with van der Waals surface area (Å²) in [6.07, 6.45) is -1.82. The Balaban J connectivity index is 1.44. The molecule has 0 saturated carbocycles. The van der Waals surface area contributed by atoms with Crippen molar-refractivity contribution in [1.82, 2.24) is 35.4 Å². The van der Waals surface area contributed by atoms with Gasteiger partial charge in [0.15, 0.2) is 0 Å². The maximum absolute atomic E-state index is 12.8. The number of nitrogens with zero attached hydrogens (tertiary/aromatic N) is 6. The standard InChI is InChI=1S/C22H24F3N7O5/c1-21(2,3)37-20(34)32-11-14(10-15(32)12-31-8-7-26-30-31)27-17(33)19-29-28-18(35-19)13-5-4-6-16(9-13)36-22(23,24)25/h4-9,14-15H,10-12H2,1-3H3,(H,27,33). The first-order chi connectivity index (χ1) is 17.4. The number of carbonyl (C=O) groups is 2. The SMILES string of the molecule is CC(C)(C)OC(=O)N1CC(NC(=O)c2nnc(-c3cccc(OC(F)(F)F)c3)o2)CC1Cn1ccnn1. The Kier molecular flexibility index (Phi) is 7.05. The molecule has 198 valence electrons. The van der Waals surface area contributed by atoms with Gasteiger partial charge in [0.05, 0.1) is 18.8 Å². The highest BCUT2D eigenvalue weighted by molar-refractivity contribution is 5.90. The second kappa shape index (κ2) is 10.1. The van der Waals surface area contributed by atoms with E-state index < -0.39 is 35.8 Å². The van der Waals surface area contributed by atoms with Gasteiger partial charge in [0.1, 0.15) is 11.4 Å². The minimum Gasteiger partial charge on any atom is -0.444 e. The number of alkyl halides is 3. The molecule has 0 aliphatic carbocycles. The Morgan fingerprint density at radius 3 is 2.68 bits per heavy atom. The Morgan fingerprint density at radius 1 is 1.22 bits per heavy atom. The molecule has 0 spiro atoms. The van der Waals surface area contributed by atoms with Gasteiger partial charge < -0.3 is 24.1 Å². The van der Waals surface area contributed by atoms with E-state index in [9.17, 15) is 22.8 Å². The molecular weight excluding hydrogens is 499 g/mol. The smallest absolute Gasteiger partial charge is 0.444 e. The molecule has 1 fully saturated rings. The summed E-state index contributed by atoms with van der Waals surface area (Å²) >= 11 is 0. The molecule has 1 aliphatic heterocycles. The Bertz CT molecular complexity index is 1240. The second-order valence-corrected chi connectivity index (χ2v) is 9.31. The Hall–Kier alpha value is -4.17. The fourth-order valence-electron chi connectivity index (χ4n) is 3.79. The monoisotopic (exact) mass is 523 g/mol. The largest absolute Gasteiger partial charge is 0.573 e. The summed E-state index contributed by atoms with van der Waals surface area (Å²) in [6, 6.07) is 4.13. The molecule has 1 N–H and O–H groups in total. The minimum absolute atomic E-state index is 0.137. The van der Waals surface area contributed by atoms with Crippen molar-refractivity contribution in [3.05, 3.63) is 42.5 Å². The number of rotatable bonds is 6. The number of amides is 2. The third-order valence-corrected chi connectivity index (χ3v) is 5.18. The Labute approximate surface area is 208 Å². The number of aromatic nitrogens is 5. The zero-order chi connectivity index (χ0) is 26.8. The van der Waals surface area contributed by atoms with Crippen molar-refractivity contribution in [1.29, 1.82) is 0 Å². The first kappa shape index (κ1) is 25.9. The molecular formula is C22H24F3N7O5. The third kappa shape index (κ3) is 6.95. The van der Waals surface area contributed by atoms with Gasteiger partial charge in [0, 0.05) is 24.3 Å². The van der Waals surface area contributed by atoms with E-state index in [0.29, 0.717) is 13.0 Å². The van der Waals surface area contributed by atoms with Crippen molar-refractivity contribution < 1.29 is 36.7 Å². The zero-order valence-corrected chi connectivity index (χ0v) is 20.1. The van der Waals surface area contributed by atoms with Gasteiger partial charge >= 0.3 is 24.3 Å². The molecule has 3 heterocycles. The number of likely N-dealkylation sites (tertiary alicyclic amines) is 1. The van der Waals surface area contributed by atoms with Crippen molar-refractivity contribution in [3.8, 4) is 17.2 Å². The van der Waals surface area contributed by atoms with Crippen LogP contribution in [0.3, 0.4) is 0 Å². The minimum atomic E-state index is -4.86. The van der Waals surface area contributed by atoms with Crippen LogP contribution in [0, 0.1) is 0 Å². The van der Waals surface area contributed by atoms with Crippen molar-refractivity contribution >= 4 is 12.0 Å². The van der Waals surface area contributed by atoms with Crippen LogP contribution in [-0.2, 0) is 11.3 Å². The molecule has 0 radical (unpaired) electrons. The van der Waals surface area contributed by atoms with Gasteiger partial charge in [0.25, 0.3) is 0 Å². The molecule has 1 saturated heterocycles. The lowest BCUT2D eigenvalue weighted by Crippen LogP contribution is -2.43. The van der Waals surface area contributed by atoms with Crippen LogP contribution in [0.2, 0.25) is 0 Å². The molecule has 2 atom stereocenters. The molecule has 37 heavy (non-hydrogen) atoms. The summed E-state index contributed by atoms with van der Waals surface area (Å²) in [4.78, 5) is 27.1. The maximum atomic E-state index is 12.8. The highest BCUT2D eigenvalue weighted by atomic mass is 19.4. The lowest BCUT2D eigenvalue weighted by Gasteiger charge is -2.28. The van der Waals surface area contributed by atoms with Crippen LogP contribution in [0.4, 0.5) is 18.0 Å². The van der Waals surface area contributed by atoms with Gasteiger partial charge in [-0.15, -0.1) is 28.5 Å². The summed E-state index contributed by atoms with van der Waals surface area (Å²) < 4.78 is 53.9. The van der Waals surface area contributed by atoms with E-state index in [1.54, 1.807) is 31.6 Å². The van der Waals surface area contributed by atoms with Crippen LogP contribution in [0.5, 0.6) is 5.75 Å². The van der Waals surface area contributed by atoms with Crippen molar-refractivity contribution in [2.24, 2.45) is 0 Å². The maximum Gasteiger partial charge on any atom is 0.573 e. The highest BCUT2D eigenvalue weighted by Gasteiger charge is 2.39. The van der Waals surface area contributed by atoms with Crippen LogP contribution >= 0.6 is 0 Å². The van der Waals surface area contributed by atoms with Crippen molar-refractivity contribution in [2.75, 3.05) is 6.54 Å². The van der Waals surface area contributed by atoms with Crippen LogP contribution in [0.15, 0.2) is 41.1 Å². The van der Waals surface area contributed by atoms with Gasteiger partial charge in [-0.3, -0.25) is 9.48 Å². The quantitative estimate of drug-likeness (QED) is 0.517. The number of carbonyl (C=O) groups excluding carboxylic acids is 2. The number of nitrogens with one attached hydrogen (secondary N) is 1. The van der Waals surface area contributed by atoms with Gasteiger partial charge in [-0.05, 0) is 45.4 Å². The summed E-state index contributed by atoms with van der Waals surface area (Å²) in [5.74, 6) is -1.72. The lowest BCUT2D eigenvalue weighted by molar-refractivity contribution is -0.274. The second-order valence-electron chi connectivity index (χ2n) is 9.31. The number of hydrogen-bond donors (Lipinski definition) is 1. The molecule has 4 rings (SSSR count). The van der Waals surface area contributed by atoms with E-state index in [-0.39, 0.29) is 29.9 Å². The normalized spacial score (nSPS) is 18.1. The van der Waals surface area contributed by atoms with Crippen LogP contribution in [0.25, 0.3) is 11.5 Å². The van der Waals surface area contributed by atoms with E-state index in [4.69, 9.17) is 9.15 Å². The first-order valence-corrected chi connectivity index (χ1v) is 11.2. The fourth-order valence-corrected chi connectivity index (χ4v) is 3.79. The average molecular weight is 523 g/mol. The summed E-state index contributed by atoms with van der Waals surface area (Å²) in [7, 11) is 0. The highest BCUT2D eigenvalue weighted by Crippen LogP contribution is 2.28. The van der Waals surface area contributed by atoms with Gasteiger partial charge in [-0.1, -0.05) is 11.3 Å². The zero-order valence-electron chi connectivity index (χ0n) is 20.1. The van der Waals surface area contributed by atoms with Crippen molar-refractivity contribution in [3.63, 3.8) is 0 Å². The fraction of sp³-hybridized carbons (Fsp3) is 0.455. The van der Waals surface area contributed by atoms with Gasteiger partial charge in [-0.2, -0.15) is 0 Å². The van der Waals surface area contributed by atoms with E-state index in [0.717, 1.165) is 12.1 Å². The summed E-state index contributed by atoms with van der Waals surface area (Å²) in [5, 5.41) is 17.9. The predicted molar refractivity (Wildman–Crippen MR) is 119 cm³/mol. The summed E-state index contributed by atoms with van der Waals surface area (Å²) in [6.45, 7) is 5.77. The molecule has 2 aromatic heterocycles. The molecule has 2 amide bonds. The number of ether oxygens (including phenoxy) is 2. The van der Waals surface area contributed by atoms with Gasteiger partial charge in [0.2, 0.25) is 5.89 Å². The molecule has 15 heteroatoms. The predicted octanol–water partition coefficient (Wildman–Crippen LogP) is 3.03. The third-order valence-electron chi connectivity index (χ3n) is 5.18. The molecule has 2 unspecified atom stereocenters. The van der Waals surface area contributed by atoms with E-state index in [2.05, 4.69) is 30.6 Å². The number of benzene rings is 1. The molecule has 12 nitrogen and oxygen atoms in total. The molecule has 3 aromatic rings. The molecule has 1 aromatic carbocycles. The van der Waals surface area contributed by atoms with Crippen LogP contribution < -0.4 is 10.1 Å². The van der Waals surface area contributed by atoms with Crippen LogP contribution in [-0.4, -0.2) is 72.7 Å². The summed E-state index contributed by atoms with van der Waals surface area (Å²) in [5.41, 5.74) is -0.572. The lowest BCUT2D eigenvalue weighted by atomic mass is 10.1. The Morgan fingerprint density at radius 2 is 2.00 bits per heavy atom. The van der Waals surface area contributed by atoms with Crippen LogP contribution in [0.1, 0.15) is 37.9 Å². The van der Waals surface area contributed by atoms with E-state index in [1.807, 2.05) is 0 Å². The van der Waals surface area contributed by atoms with E-state index >= 15 is 0 Å². The van der Waals surface area contributed by atoms with Crippen molar-refractivity contribution in [2.45, 2.75) is 57.8 Å². The topological polar surface area (TPSA) is 138 Å². The van der Waals surface area contributed by atoms with Gasteiger partial charge in [-0.25, -0.2) is 4.79 Å². The first-order valence-electron chi connectivity index (χ1n) is 11.2. The molecule has 1 aliphatic rings.